The number of aliphatic hydroxyl groups excluding tert-OH is 1. The highest BCUT2D eigenvalue weighted by atomic mass is 16.3. The number of hydrogen-bond donors (Lipinski definition) is 2. The highest BCUT2D eigenvalue weighted by Gasteiger charge is 2.16. The molecule has 0 fully saturated rings. The van der Waals surface area contributed by atoms with Crippen LogP contribution in [0.4, 0.5) is 0 Å². The van der Waals surface area contributed by atoms with Gasteiger partial charge in [0.05, 0.1) is 6.61 Å². The van der Waals surface area contributed by atoms with Gasteiger partial charge in [-0.15, -0.1) is 0 Å². The van der Waals surface area contributed by atoms with Crippen LogP contribution in [0.25, 0.3) is 11.1 Å². The van der Waals surface area contributed by atoms with Crippen molar-refractivity contribution in [2.75, 3.05) is 26.2 Å². The van der Waals surface area contributed by atoms with Gasteiger partial charge in [-0.1, -0.05) is 30.3 Å². The number of rotatable bonds is 7. The molecule has 0 aliphatic rings. The third-order valence-corrected chi connectivity index (χ3v) is 3.97. The summed E-state index contributed by atoms with van der Waals surface area (Å²) in [6.07, 6.45) is 0. The summed E-state index contributed by atoms with van der Waals surface area (Å²) in [5, 5.41) is 11.9. The van der Waals surface area contributed by atoms with Crippen molar-refractivity contribution < 1.29 is 14.7 Å². The number of hydrogen-bond acceptors (Lipinski definition) is 3. The number of likely N-dealkylation sites (N-methyl/N-ethyl adjacent to an activating group) is 1. The predicted molar refractivity (Wildman–Crippen MR) is 98.5 cm³/mol. The summed E-state index contributed by atoms with van der Waals surface area (Å²) in [5.41, 5.74) is 2.72. The fourth-order valence-corrected chi connectivity index (χ4v) is 2.71. The molecule has 2 aromatic carbocycles. The Kier molecular flexibility index (Phi) is 6.71. The second-order valence-electron chi connectivity index (χ2n) is 5.59. The molecule has 2 amide bonds. The third kappa shape index (κ3) is 4.45. The molecule has 132 valence electrons. The lowest BCUT2D eigenvalue weighted by atomic mass is 9.97. The van der Waals surface area contributed by atoms with Crippen molar-refractivity contribution in [2.24, 2.45) is 0 Å². The van der Waals surface area contributed by atoms with Gasteiger partial charge in [-0.05, 0) is 43.2 Å². The molecule has 0 aromatic heterocycles. The summed E-state index contributed by atoms with van der Waals surface area (Å²) in [4.78, 5) is 26.5. The molecule has 0 unspecified atom stereocenters. The first-order valence-electron chi connectivity index (χ1n) is 8.50. The summed E-state index contributed by atoms with van der Waals surface area (Å²) in [6, 6.07) is 14.6. The predicted octanol–water partition coefficient (Wildman–Crippen LogP) is 2.56. The Morgan fingerprint density at radius 1 is 1.08 bits per heavy atom. The largest absolute Gasteiger partial charge is 0.395 e. The van der Waals surface area contributed by atoms with Gasteiger partial charge in [0.2, 0.25) is 0 Å². The van der Waals surface area contributed by atoms with E-state index in [2.05, 4.69) is 5.32 Å². The van der Waals surface area contributed by atoms with Crippen LogP contribution in [-0.4, -0.2) is 48.1 Å². The Morgan fingerprint density at radius 3 is 2.52 bits per heavy atom. The van der Waals surface area contributed by atoms with E-state index in [0.717, 1.165) is 11.1 Å². The van der Waals surface area contributed by atoms with E-state index in [1.165, 1.54) is 0 Å². The van der Waals surface area contributed by atoms with E-state index in [1.54, 1.807) is 23.1 Å². The first kappa shape index (κ1) is 18.7. The number of aliphatic hydroxyl groups is 1. The maximum absolute atomic E-state index is 12.6. The van der Waals surface area contributed by atoms with Gasteiger partial charge in [0.25, 0.3) is 11.8 Å². The van der Waals surface area contributed by atoms with Gasteiger partial charge in [-0.3, -0.25) is 9.59 Å². The molecule has 0 saturated carbocycles. The van der Waals surface area contributed by atoms with Gasteiger partial charge < -0.3 is 15.3 Å². The van der Waals surface area contributed by atoms with Gasteiger partial charge in [0, 0.05) is 30.8 Å². The number of benzene rings is 2. The molecule has 0 radical (unpaired) electrons. The van der Waals surface area contributed by atoms with Crippen LogP contribution in [0.15, 0.2) is 48.5 Å². The molecule has 5 heteroatoms. The van der Waals surface area contributed by atoms with Crippen LogP contribution in [0.1, 0.15) is 34.6 Å². The second kappa shape index (κ2) is 8.99. The Balaban J connectivity index is 2.40. The first-order valence-corrected chi connectivity index (χ1v) is 8.50. The highest BCUT2D eigenvalue weighted by molar-refractivity contribution is 6.02. The number of carbonyl (C=O) groups excluding carboxylic acids is 2. The van der Waals surface area contributed by atoms with Crippen LogP contribution in [-0.2, 0) is 0 Å². The molecule has 25 heavy (non-hydrogen) atoms. The van der Waals surface area contributed by atoms with Crippen molar-refractivity contribution in [2.45, 2.75) is 13.8 Å². The SMILES string of the molecule is CCNC(=O)c1ccccc1-c1cccc(C(=O)N(CC)CCO)c1. The molecule has 0 saturated heterocycles. The van der Waals surface area contributed by atoms with Crippen LogP contribution < -0.4 is 5.32 Å². The number of nitrogens with one attached hydrogen (secondary N) is 1. The molecule has 0 aliphatic heterocycles. The maximum atomic E-state index is 12.6. The summed E-state index contributed by atoms with van der Waals surface area (Å²) in [5.74, 6) is -0.265. The number of amides is 2. The molecule has 2 rings (SSSR count). The fraction of sp³-hybridized carbons (Fsp3) is 0.300. The van der Waals surface area contributed by atoms with Crippen molar-refractivity contribution in [1.82, 2.24) is 10.2 Å². The number of carbonyl (C=O) groups is 2. The lowest BCUT2D eigenvalue weighted by molar-refractivity contribution is 0.0732. The van der Waals surface area contributed by atoms with Gasteiger partial charge >= 0.3 is 0 Å². The second-order valence-corrected chi connectivity index (χ2v) is 5.59. The van der Waals surface area contributed by atoms with Crippen molar-refractivity contribution in [3.63, 3.8) is 0 Å². The zero-order valence-electron chi connectivity index (χ0n) is 14.7. The van der Waals surface area contributed by atoms with E-state index in [4.69, 9.17) is 5.11 Å². The van der Waals surface area contributed by atoms with Gasteiger partial charge in [0.1, 0.15) is 0 Å². The van der Waals surface area contributed by atoms with Crippen LogP contribution >= 0.6 is 0 Å². The first-order chi connectivity index (χ1) is 12.1. The molecule has 2 aromatic rings. The van der Waals surface area contributed by atoms with Crippen LogP contribution in [0.5, 0.6) is 0 Å². The van der Waals surface area contributed by atoms with Crippen LogP contribution in [0.3, 0.4) is 0 Å². The van der Waals surface area contributed by atoms with Gasteiger partial charge in [-0.25, -0.2) is 0 Å². The lowest BCUT2D eigenvalue weighted by Crippen LogP contribution is -2.33. The summed E-state index contributed by atoms with van der Waals surface area (Å²) in [7, 11) is 0. The van der Waals surface area contributed by atoms with E-state index in [9.17, 15) is 9.59 Å². The molecular weight excluding hydrogens is 316 g/mol. The summed E-state index contributed by atoms with van der Waals surface area (Å²) in [6.45, 7) is 5.06. The zero-order chi connectivity index (χ0) is 18.2. The standard InChI is InChI=1S/C20H24N2O3/c1-3-21-19(24)18-11-6-5-10-17(18)15-8-7-9-16(14-15)20(25)22(4-2)12-13-23/h5-11,14,23H,3-4,12-13H2,1-2H3,(H,21,24). The Morgan fingerprint density at radius 2 is 1.84 bits per heavy atom. The average molecular weight is 340 g/mol. The van der Waals surface area contributed by atoms with Crippen LogP contribution in [0.2, 0.25) is 0 Å². The Labute approximate surface area is 148 Å². The average Bonchev–Trinajstić information content (AvgIpc) is 2.66. The molecule has 0 atom stereocenters. The zero-order valence-corrected chi connectivity index (χ0v) is 14.7. The van der Waals surface area contributed by atoms with E-state index < -0.39 is 0 Å². The quantitative estimate of drug-likeness (QED) is 0.814. The monoisotopic (exact) mass is 340 g/mol. The van der Waals surface area contributed by atoms with Gasteiger partial charge in [-0.2, -0.15) is 0 Å². The fourth-order valence-electron chi connectivity index (χ4n) is 2.71. The molecule has 0 aliphatic carbocycles. The molecular formula is C20H24N2O3. The Bertz CT molecular complexity index is 743. The third-order valence-electron chi connectivity index (χ3n) is 3.97. The molecule has 5 nitrogen and oxygen atoms in total. The normalized spacial score (nSPS) is 10.4. The molecule has 0 heterocycles. The lowest BCUT2D eigenvalue weighted by Gasteiger charge is -2.20. The summed E-state index contributed by atoms with van der Waals surface area (Å²) < 4.78 is 0. The minimum absolute atomic E-state index is 0.0701. The van der Waals surface area contributed by atoms with Crippen molar-refractivity contribution >= 4 is 11.8 Å². The molecule has 0 bridgehead atoms. The van der Waals surface area contributed by atoms with Crippen molar-refractivity contribution in [3.8, 4) is 11.1 Å². The van der Waals surface area contributed by atoms with Gasteiger partial charge in [0.15, 0.2) is 0 Å². The smallest absolute Gasteiger partial charge is 0.253 e. The minimum atomic E-state index is -0.134. The highest BCUT2D eigenvalue weighted by Crippen LogP contribution is 2.25. The Hall–Kier alpha value is -2.66. The van der Waals surface area contributed by atoms with Crippen molar-refractivity contribution in [3.05, 3.63) is 59.7 Å². The van der Waals surface area contributed by atoms with E-state index >= 15 is 0 Å². The summed E-state index contributed by atoms with van der Waals surface area (Å²) >= 11 is 0. The molecule has 0 spiro atoms. The number of nitrogens with zero attached hydrogens (tertiary/aromatic N) is 1. The van der Waals surface area contributed by atoms with Crippen LogP contribution in [0, 0.1) is 0 Å². The minimum Gasteiger partial charge on any atom is -0.395 e. The maximum Gasteiger partial charge on any atom is 0.253 e. The van der Waals surface area contributed by atoms with E-state index in [1.807, 2.05) is 44.2 Å². The molecule has 2 N–H and O–H groups in total. The van der Waals surface area contributed by atoms with E-state index in [-0.39, 0.29) is 18.4 Å². The van der Waals surface area contributed by atoms with E-state index in [0.29, 0.717) is 30.8 Å². The topological polar surface area (TPSA) is 69.6 Å². The van der Waals surface area contributed by atoms with Crippen molar-refractivity contribution in [1.29, 1.82) is 0 Å².